The molecule has 59 heavy (non-hydrogen) atoms. The summed E-state index contributed by atoms with van der Waals surface area (Å²) in [4.78, 5) is 0. The van der Waals surface area contributed by atoms with Gasteiger partial charge in [-0.25, -0.2) is 0 Å². The third kappa shape index (κ3) is 7.35. The summed E-state index contributed by atoms with van der Waals surface area (Å²) in [5, 5.41) is 21.0. The molecule has 0 aliphatic rings. The molecule has 9 aromatic rings. The van der Waals surface area contributed by atoms with Crippen molar-refractivity contribution in [2.75, 3.05) is 27.4 Å². The van der Waals surface area contributed by atoms with Gasteiger partial charge in [-0.15, -0.1) is 0 Å². The molecule has 5 heteroatoms. The fourth-order valence-electron chi connectivity index (χ4n) is 8.36. The quantitative estimate of drug-likeness (QED) is 0.0547. The number of fused-ring (bicyclic) bond motifs is 1. The summed E-state index contributed by atoms with van der Waals surface area (Å²) in [5.41, 5.74) is 4.81. The molecule has 0 aliphatic heterocycles. The molecule has 0 aromatic heterocycles. The van der Waals surface area contributed by atoms with E-state index >= 15 is 0 Å². The molecular weight excluding hydrogens is 729 g/mol. The standard InChI is InChI=1S/C54H44O5/c1-56-47-28-24-44(25-29-47)54(43-11-4-3-5-12-43,45-26-30-48(57-2)31-27-45)59-36-46(55)33-34-58-35-42-22-18-37(49-13-6-7-14-50(42)49)15-16-38-17-19-41-21-20-39-9-8-10-40-23-32-51(38)53(41)52(39)40/h3-14,17-32,46,55H,33-36H2,1-2H3. The van der Waals surface area contributed by atoms with Gasteiger partial charge in [0.15, 0.2) is 0 Å². The number of ether oxygens (including phenoxy) is 4. The van der Waals surface area contributed by atoms with Gasteiger partial charge in [0.2, 0.25) is 0 Å². The first-order chi connectivity index (χ1) is 29.1. The number of hydrogen-bond acceptors (Lipinski definition) is 5. The number of rotatable bonds is 13. The normalized spacial score (nSPS) is 12.2. The van der Waals surface area contributed by atoms with Crippen LogP contribution in [0.3, 0.4) is 0 Å². The number of aliphatic hydroxyl groups is 1. The highest BCUT2D eigenvalue weighted by atomic mass is 16.5. The summed E-state index contributed by atoms with van der Waals surface area (Å²) in [5.74, 6) is 8.53. The van der Waals surface area contributed by atoms with E-state index < -0.39 is 11.7 Å². The molecule has 0 fully saturated rings. The Hall–Kier alpha value is -6.68. The van der Waals surface area contributed by atoms with Gasteiger partial charge >= 0.3 is 0 Å². The Kier molecular flexibility index (Phi) is 10.7. The first-order valence-electron chi connectivity index (χ1n) is 20.0. The van der Waals surface area contributed by atoms with Crippen molar-refractivity contribution in [1.29, 1.82) is 0 Å². The zero-order chi connectivity index (χ0) is 40.2. The summed E-state index contributed by atoms with van der Waals surface area (Å²) >= 11 is 0. The fourth-order valence-corrected chi connectivity index (χ4v) is 8.36. The minimum Gasteiger partial charge on any atom is -0.497 e. The molecule has 0 heterocycles. The largest absolute Gasteiger partial charge is 0.497 e. The third-order valence-corrected chi connectivity index (χ3v) is 11.4. The Morgan fingerprint density at radius 1 is 0.508 bits per heavy atom. The van der Waals surface area contributed by atoms with Crippen LogP contribution >= 0.6 is 0 Å². The van der Waals surface area contributed by atoms with Crippen LogP contribution in [0.1, 0.15) is 39.8 Å². The molecule has 0 saturated heterocycles. The number of hydrogen-bond donors (Lipinski definition) is 1. The second-order valence-electron chi connectivity index (χ2n) is 14.8. The highest BCUT2D eigenvalue weighted by Crippen LogP contribution is 2.42. The average molecular weight is 773 g/mol. The van der Waals surface area contributed by atoms with Gasteiger partial charge in [-0.3, -0.25) is 0 Å². The van der Waals surface area contributed by atoms with E-state index in [0.717, 1.165) is 55.7 Å². The smallest absolute Gasteiger partial charge is 0.143 e. The van der Waals surface area contributed by atoms with Crippen LogP contribution in [-0.4, -0.2) is 38.6 Å². The predicted octanol–water partition coefficient (Wildman–Crippen LogP) is 11.4. The van der Waals surface area contributed by atoms with Crippen molar-refractivity contribution in [3.63, 3.8) is 0 Å². The third-order valence-electron chi connectivity index (χ3n) is 11.4. The summed E-state index contributed by atoms with van der Waals surface area (Å²) in [6.07, 6.45) is -0.375. The second kappa shape index (κ2) is 16.7. The molecule has 290 valence electrons. The van der Waals surface area contributed by atoms with Gasteiger partial charge in [-0.1, -0.05) is 145 Å². The molecule has 0 bridgehead atoms. The van der Waals surface area contributed by atoms with E-state index in [4.69, 9.17) is 18.9 Å². The topological polar surface area (TPSA) is 57.2 Å². The Labute approximate surface area is 344 Å². The zero-order valence-corrected chi connectivity index (χ0v) is 33.2. The minimum absolute atomic E-state index is 0.0821. The lowest BCUT2D eigenvalue weighted by Gasteiger charge is -2.36. The summed E-state index contributed by atoms with van der Waals surface area (Å²) < 4.78 is 24.1. The fraction of sp³-hybridized carbons (Fsp3) is 0.148. The number of aliphatic hydroxyl groups excluding tert-OH is 1. The first-order valence-corrected chi connectivity index (χ1v) is 20.0. The van der Waals surface area contributed by atoms with Gasteiger partial charge in [0, 0.05) is 17.7 Å². The van der Waals surface area contributed by atoms with E-state index in [1.54, 1.807) is 14.2 Å². The summed E-state index contributed by atoms with van der Waals surface area (Å²) in [7, 11) is 3.31. The highest BCUT2D eigenvalue weighted by Gasteiger charge is 2.38. The van der Waals surface area contributed by atoms with Crippen molar-refractivity contribution in [2.45, 2.75) is 24.7 Å². The van der Waals surface area contributed by atoms with Crippen LogP contribution in [0.25, 0.3) is 43.1 Å². The highest BCUT2D eigenvalue weighted by molar-refractivity contribution is 6.23. The van der Waals surface area contributed by atoms with Gasteiger partial charge in [0.25, 0.3) is 0 Å². The molecule has 0 aliphatic carbocycles. The van der Waals surface area contributed by atoms with E-state index in [2.05, 4.69) is 115 Å². The van der Waals surface area contributed by atoms with E-state index in [1.807, 2.05) is 66.7 Å². The lowest BCUT2D eigenvalue weighted by molar-refractivity contribution is -0.0474. The van der Waals surface area contributed by atoms with Crippen LogP contribution in [0.2, 0.25) is 0 Å². The predicted molar refractivity (Wildman–Crippen MR) is 239 cm³/mol. The molecule has 9 rings (SSSR count). The van der Waals surface area contributed by atoms with Gasteiger partial charge < -0.3 is 24.1 Å². The van der Waals surface area contributed by atoms with Crippen LogP contribution in [0, 0.1) is 11.8 Å². The van der Waals surface area contributed by atoms with Crippen molar-refractivity contribution in [3.05, 3.63) is 203 Å². The molecule has 0 spiro atoms. The van der Waals surface area contributed by atoms with Crippen molar-refractivity contribution in [2.24, 2.45) is 0 Å². The maximum atomic E-state index is 11.4. The summed E-state index contributed by atoms with van der Waals surface area (Å²) in [6.45, 7) is 0.847. The maximum absolute atomic E-state index is 11.4. The number of benzene rings is 9. The SMILES string of the molecule is COc1ccc(C(OCC(O)CCOCc2ccc(C#Cc3ccc4ccc5cccc6ccc3c4c56)c3ccccc23)(c2ccccc2)c2ccc(OC)cc2)cc1. The molecule has 0 radical (unpaired) electrons. The summed E-state index contributed by atoms with van der Waals surface area (Å²) in [6, 6.07) is 58.0. The van der Waals surface area contributed by atoms with Crippen LogP contribution in [0.5, 0.6) is 11.5 Å². The van der Waals surface area contributed by atoms with Gasteiger partial charge in [0.1, 0.15) is 17.1 Å². The molecule has 9 aromatic carbocycles. The van der Waals surface area contributed by atoms with Crippen LogP contribution in [0.4, 0.5) is 0 Å². The molecule has 0 saturated carbocycles. The Bertz CT molecular complexity index is 2860. The Morgan fingerprint density at radius 2 is 1.05 bits per heavy atom. The Morgan fingerprint density at radius 3 is 1.71 bits per heavy atom. The van der Waals surface area contributed by atoms with E-state index in [9.17, 15) is 5.11 Å². The monoisotopic (exact) mass is 772 g/mol. The van der Waals surface area contributed by atoms with Gasteiger partial charge in [0.05, 0.1) is 33.5 Å². The van der Waals surface area contributed by atoms with Crippen molar-refractivity contribution in [3.8, 4) is 23.3 Å². The number of methoxy groups -OCH3 is 2. The van der Waals surface area contributed by atoms with Crippen molar-refractivity contribution in [1.82, 2.24) is 0 Å². The minimum atomic E-state index is -1.01. The van der Waals surface area contributed by atoms with Crippen LogP contribution in [0.15, 0.2) is 170 Å². The van der Waals surface area contributed by atoms with Crippen LogP contribution < -0.4 is 9.47 Å². The maximum Gasteiger partial charge on any atom is 0.143 e. The second-order valence-corrected chi connectivity index (χ2v) is 14.8. The molecule has 5 nitrogen and oxygen atoms in total. The average Bonchev–Trinajstić information content (AvgIpc) is 3.30. The van der Waals surface area contributed by atoms with E-state index in [1.165, 1.54) is 32.3 Å². The van der Waals surface area contributed by atoms with Gasteiger partial charge in [-0.2, -0.15) is 0 Å². The van der Waals surface area contributed by atoms with Crippen molar-refractivity contribution < 1.29 is 24.1 Å². The molecule has 1 atom stereocenters. The first kappa shape index (κ1) is 37.9. The van der Waals surface area contributed by atoms with E-state index in [-0.39, 0.29) is 6.61 Å². The molecule has 0 amide bonds. The van der Waals surface area contributed by atoms with Crippen molar-refractivity contribution >= 4 is 43.1 Å². The van der Waals surface area contributed by atoms with Gasteiger partial charge in [-0.05, 0) is 108 Å². The van der Waals surface area contributed by atoms with E-state index in [0.29, 0.717) is 19.6 Å². The lowest BCUT2D eigenvalue weighted by Crippen LogP contribution is -2.36. The Balaban J connectivity index is 0.911. The van der Waals surface area contributed by atoms with Crippen LogP contribution in [-0.2, 0) is 21.7 Å². The molecule has 1 N–H and O–H groups in total. The zero-order valence-electron chi connectivity index (χ0n) is 33.2. The molecule has 1 unspecified atom stereocenters. The lowest BCUT2D eigenvalue weighted by atomic mass is 9.80. The molecular formula is C54H44O5.